The van der Waals surface area contributed by atoms with Gasteiger partial charge in [0, 0.05) is 28.9 Å². The molecule has 0 saturated heterocycles. The summed E-state index contributed by atoms with van der Waals surface area (Å²) in [5.74, 6) is 5.50. The Balaban J connectivity index is 1.58. The van der Waals surface area contributed by atoms with Crippen molar-refractivity contribution in [2.24, 2.45) is 0 Å². The number of rotatable bonds is 6. The molecule has 5 N–H and O–H groups in total. The highest BCUT2D eigenvalue weighted by Crippen LogP contribution is 2.20. The standard InChI is InChI=1S/C24H28N4O4/c1-16(29)22(24(31)28-32)27-23(30)19-12-9-17(10-13-19)7-8-18-11-14-21(25-15-18)26-20-5-3-2-4-6-20/h9-16,20,22,29,32H,2-6H2,1H3,(H,25,26)(H,27,30)(H,28,31). The van der Waals surface area contributed by atoms with Crippen molar-refractivity contribution in [2.45, 2.75) is 57.2 Å². The number of hydrogen-bond donors (Lipinski definition) is 5. The number of carbonyl (C=O) groups excluding carboxylic acids is 2. The Hall–Kier alpha value is -3.41. The van der Waals surface area contributed by atoms with Crippen LogP contribution in [0.4, 0.5) is 5.82 Å². The number of benzene rings is 1. The Morgan fingerprint density at radius 3 is 2.28 bits per heavy atom. The second-order valence-electron chi connectivity index (χ2n) is 7.91. The molecule has 1 aliphatic rings. The number of anilines is 1. The highest BCUT2D eigenvalue weighted by Gasteiger charge is 2.25. The number of pyridine rings is 1. The molecule has 0 bridgehead atoms. The number of hydrogen-bond acceptors (Lipinski definition) is 6. The maximum atomic E-state index is 12.3. The number of aliphatic hydroxyl groups is 1. The average molecular weight is 437 g/mol. The number of nitrogens with zero attached hydrogens (tertiary/aromatic N) is 1. The smallest absolute Gasteiger partial charge is 0.268 e. The van der Waals surface area contributed by atoms with Gasteiger partial charge in [0.1, 0.15) is 11.9 Å². The first-order valence-electron chi connectivity index (χ1n) is 10.7. The molecule has 2 amide bonds. The van der Waals surface area contributed by atoms with Gasteiger partial charge < -0.3 is 15.7 Å². The number of aliphatic hydroxyl groups excluding tert-OH is 1. The van der Waals surface area contributed by atoms with E-state index < -0.39 is 24.0 Å². The fraction of sp³-hybridized carbons (Fsp3) is 0.375. The summed E-state index contributed by atoms with van der Waals surface area (Å²) in [4.78, 5) is 28.3. The zero-order valence-electron chi connectivity index (χ0n) is 18.0. The molecule has 2 aromatic rings. The number of hydroxylamine groups is 1. The van der Waals surface area contributed by atoms with E-state index in [9.17, 15) is 14.7 Å². The maximum Gasteiger partial charge on any atom is 0.268 e. The minimum atomic E-state index is -1.27. The second-order valence-corrected chi connectivity index (χ2v) is 7.91. The summed E-state index contributed by atoms with van der Waals surface area (Å²) in [7, 11) is 0. The van der Waals surface area contributed by atoms with Gasteiger partial charge in [-0.1, -0.05) is 31.1 Å². The molecule has 1 aromatic heterocycles. The topological polar surface area (TPSA) is 124 Å². The van der Waals surface area contributed by atoms with Crippen molar-refractivity contribution < 1.29 is 19.9 Å². The largest absolute Gasteiger partial charge is 0.391 e. The molecule has 3 rings (SSSR count). The Labute approximate surface area is 187 Å². The summed E-state index contributed by atoms with van der Waals surface area (Å²) in [6.45, 7) is 1.34. The third-order valence-corrected chi connectivity index (χ3v) is 5.38. The van der Waals surface area contributed by atoms with Crippen LogP contribution < -0.4 is 16.1 Å². The van der Waals surface area contributed by atoms with Crippen molar-refractivity contribution in [3.8, 4) is 11.8 Å². The lowest BCUT2D eigenvalue weighted by Crippen LogP contribution is -2.51. The molecule has 1 aliphatic carbocycles. The van der Waals surface area contributed by atoms with Crippen LogP contribution in [-0.2, 0) is 4.79 Å². The minimum absolute atomic E-state index is 0.298. The quantitative estimate of drug-likeness (QED) is 0.269. The van der Waals surface area contributed by atoms with Crippen molar-refractivity contribution in [2.75, 3.05) is 5.32 Å². The highest BCUT2D eigenvalue weighted by atomic mass is 16.5. The summed E-state index contributed by atoms with van der Waals surface area (Å²) < 4.78 is 0. The molecule has 2 atom stereocenters. The zero-order valence-corrected chi connectivity index (χ0v) is 18.0. The molecule has 0 spiro atoms. The summed E-state index contributed by atoms with van der Waals surface area (Å²) in [6.07, 6.45) is 6.78. The van der Waals surface area contributed by atoms with E-state index >= 15 is 0 Å². The minimum Gasteiger partial charge on any atom is -0.391 e. The van der Waals surface area contributed by atoms with Crippen molar-refractivity contribution >= 4 is 17.6 Å². The van der Waals surface area contributed by atoms with E-state index in [1.165, 1.54) is 44.5 Å². The molecule has 1 aromatic carbocycles. The van der Waals surface area contributed by atoms with Gasteiger partial charge in [0.15, 0.2) is 0 Å². The van der Waals surface area contributed by atoms with E-state index in [4.69, 9.17) is 5.21 Å². The Bertz CT molecular complexity index is 972. The number of aromatic nitrogens is 1. The van der Waals surface area contributed by atoms with Crippen LogP contribution in [0.1, 0.15) is 60.5 Å². The van der Waals surface area contributed by atoms with Gasteiger partial charge in [-0.15, -0.1) is 0 Å². The summed E-state index contributed by atoms with van der Waals surface area (Å²) in [6, 6.07) is 9.63. The van der Waals surface area contributed by atoms with Crippen LogP contribution >= 0.6 is 0 Å². The first-order valence-corrected chi connectivity index (χ1v) is 10.7. The molecular weight excluding hydrogens is 408 g/mol. The summed E-state index contributed by atoms with van der Waals surface area (Å²) in [5.41, 5.74) is 3.23. The third kappa shape index (κ3) is 6.54. The van der Waals surface area contributed by atoms with Crippen molar-refractivity contribution in [3.63, 3.8) is 0 Å². The third-order valence-electron chi connectivity index (χ3n) is 5.38. The van der Waals surface area contributed by atoms with Gasteiger partial charge >= 0.3 is 0 Å². The monoisotopic (exact) mass is 436 g/mol. The predicted molar refractivity (Wildman–Crippen MR) is 120 cm³/mol. The fourth-order valence-corrected chi connectivity index (χ4v) is 3.56. The van der Waals surface area contributed by atoms with Crippen LogP contribution in [0.3, 0.4) is 0 Å². The Kier molecular flexibility index (Phi) is 8.20. The van der Waals surface area contributed by atoms with Crippen LogP contribution in [0.2, 0.25) is 0 Å². The number of amides is 2. The lowest BCUT2D eigenvalue weighted by Gasteiger charge is -2.23. The second kappa shape index (κ2) is 11.3. The van der Waals surface area contributed by atoms with E-state index in [1.54, 1.807) is 30.5 Å². The molecule has 168 valence electrons. The number of carbonyl (C=O) groups is 2. The fourth-order valence-electron chi connectivity index (χ4n) is 3.56. The van der Waals surface area contributed by atoms with E-state index in [1.807, 2.05) is 12.1 Å². The van der Waals surface area contributed by atoms with Crippen LogP contribution in [-0.4, -0.2) is 45.3 Å². The van der Waals surface area contributed by atoms with Gasteiger partial charge in [-0.2, -0.15) is 0 Å². The van der Waals surface area contributed by atoms with Gasteiger partial charge in [-0.25, -0.2) is 10.5 Å². The molecule has 0 aliphatic heterocycles. The van der Waals surface area contributed by atoms with Gasteiger partial charge in [-0.05, 0) is 56.2 Å². The number of nitrogens with one attached hydrogen (secondary N) is 3. The van der Waals surface area contributed by atoms with Crippen molar-refractivity contribution in [3.05, 3.63) is 59.3 Å². The van der Waals surface area contributed by atoms with Crippen molar-refractivity contribution in [1.29, 1.82) is 0 Å². The first-order chi connectivity index (χ1) is 15.5. The molecule has 0 radical (unpaired) electrons. The lowest BCUT2D eigenvalue weighted by atomic mass is 9.95. The molecule has 2 unspecified atom stereocenters. The van der Waals surface area contributed by atoms with E-state index in [0.717, 1.165) is 11.4 Å². The molecule has 1 heterocycles. The van der Waals surface area contributed by atoms with Crippen molar-refractivity contribution in [1.82, 2.24) is 15.8 Å². The Morgan fingerprint density at radius 2 is 1.69 bits per heavy atom. The van der Waals surface area contributed by atoms with Gasteiger partial charge in [0.2, 0.25) is 0 Å². The van der Waals surface area contributed by atoms with E-state index in [0.29, 0.717) is 17.2 Å². The average Bonchev–Trinajstić information content (AvgIpc) is 2.82. The zero-order chi connectivity index (χ0) is 22.9. The van der Waals surface area contributed by atoms with Crippen LogP contribution in [0.5, 0.6) is 0 Å². The molecular formula is C24H28N4O4. The highest BCUT2D eigenvalue weighted by molar-refractivity contribution is 5.97. The molecule has 1 saturated carbocycles. The summed E-state index contributed by atoms with van der Waals surface area (Å²) in [5, 5.41) is 24.2. The van der Waals surface area contributed by atoms with Gasteiger partial charge in [0.05, 0.1) is 6.10 Å². The lowest BCUT2D eigenvalue weighted by molar-refractivity contribution is -0.133. The first kappa shape index (κ1) is 23.3. The van der Waals surface area contributed by atoms with Gasteiger partial charge in [-0.3, -0.25) is 14.8 Å². The normalized spacial score (nSPS) is 15.6. The van der Waals surface area contributed by atoms with Gasteiger partial charge in [0.25, 0.3) is 11.8 Å². The molecule has 8 nitrogen and oxygen atoms in total. The van der Waals surface area contributed by atoms with E-state index in [2.05, 4.69) is 27.5 Å². The molecule has 1 fully saturated rings. The maximum absolute atomic E-state index is 12.3. The van der Waals surface area contributed by atoms with E-state index in [-0.39, 0.29) is 0 Å². The molecule has 32 heavy (non-hydrogen) atoms. The van der Waals surface area contributed by atoms with Crippen LogP contribution in [0.25, 0.3) is 0 Å². The summed E-state index contributed by atoms with van der Waals surface area (Å²) >= 11 is 0. The SMILES string of the molecule is CC(O)C(NC(=O)c1ccc(C#Cc2ccc(NC3CCCCC3)nc2)cc1)C(=O)NO. The predicted octanol–water partition coefficient (Wildman–Crippen LogP) is 2.21. The van der Waals surface area contributed by atoms with Crippen LogP contribution in [0, 0.1) is 11.8 Å². The van der Waals surface area contributed by atoms with Crippen LogP contribution in [0.15, 0.2) is 42.6 Å². The molecule has 8 heteroatoms. The Morgan fingerprint density at radius 1 is 1.03 bits per heavy atom.